The fraction of sp³-hybridized carbons (Fsp3) is 1.00. The van der Waals surface area contributed by atoms with Crippen LogP contribution in [0, 0.1) is 29.6 Å². The average Bonchev–Trinajstić information content (AvgIpc) is 2.62. The van der Waals surface area contributed by atoms with E-state index in [9.17, 15) is 0 Å². The molecule has 0 aliphatic heterocycles. The Morgan fingerprint density at radius 2 is 1.19 bits per heavy atom. The summed E-state index contributed by atoms with van der Waals surface area (Å²) in [6.07, 6.45) is 27.1. The minimum absolute atomic E-state index is 0.984. The second-order valence-electron chi connectivity index (χ2n) is 10.3. The number of hydrogen-bond donors (Lipinski definition) is 0. The van der Waals surface area contributed by atoms with Crippen LogP contribution in [0.5, 0.6) is 0 Å². The van der Waals surface area contributed by atoms with E-state index < -0.39 is 0 Å². The Labute approximate surface area is 166 Å². The lowest BCUT2D eigenvalue weighted by atomic mass is 9.67. The van der Waals surface area contributed by atoms with Gasteiger partial charge in [-0.25, -0.2) is 0 Å². The van der Waals surface area contributed by atoms with Crippen LogP contribution in [0.2, 0.25) is 0 Å². The minimum Gasteiger partial charge on any atom is -0.0654 e. The molecule has 0 heterocycles. The topological polar surface area (TPSA) is 0 Å². The molecule has 0 N–H and O–H groups in total. The molecule has 0 saturated heterocycles. The Bertz CT molecular complexity index is 333. The lowest BCUT2D eigenvalue weighted by Crippen LogP contribution is -2.28. The maximum atomic E-state index is 2.58. The van der Waals surface area contributed by atoms with Gasteiger partial charge in [0.15, 0.2) is 0 Å². The Balaban J connectivity index is 1.90. The summed E-state index contributed by atoms with van der Waals surface area (Å²) in [5.74, 6) is 5.10. The molecular formula is C26H50. The first-order valence-corrected chi connectivity index (χ1v) is 12.7. The van der Waals surface area contributed by atoms with Crippen molar-refractivity contribution in [1.29, 1.82) is 0 Å². The van der Waals surface area contributed by atoms with Crippen molar-refractivity contribution >= 4 is 0 Å². The van der Waals surface area contributed by atoms with Crippen LogP contribution >= 0.6 is 0 Å². The zero-order valence-electron chi connectivity index (χ0n) is 18.6. The van der Waals surface area contributed by atoms with E-state index in [2.05, 4.69) is 20.8 Å². The summed E-state index contributed by atoms with van der Waals surface area (Å²) in [4.78, 5) is 0. The van der Waals surface area contributed by atoms with Gasteiger partial charge in [-0.3, -0.25) is 0 Å². The fourth-order valence-corrected chi connectivity index (χ4v) is 6.37. The smallest absolute Gasteiger partial charge is 0.0360 e. The van der Waals surface area contributed by atoms with E-state index >= 15 is 0 Å². The summed E-state index contributed by atoms with van der Waals surface area (Å²) in [6.45, 7) is 7.46. The van der Waals surface area contributed by atoms with Gasteiger partial charge in [0.2, 0.25) is 0 Å². The monoisotopic (exact) mass is 362 g/mol. The SMILES string of the molecule is CCCC1CCCCCCCCCCC(C2CCC(C)CC2C)CCC1. The molecule has 2 rings (SSSR count). The molecule has 0 heteroatoms. The summed E-state index contributed by atoms with van der Waals surface area (Å²) in [5.41, 5.74) is 0. The molecule has 2 aliphatic rings. The number of hydrogen-bond acceptors (Lipinski definition) is 0. The second-order valence-corrected chi connectivity index (χ2v) is 10.3. The molecule has 5 atom stereocenters. The van der Waals surface area contributed by atoms with E-state index in [-0.39, 0.29) is 0 Å². The summed E-state index contributed by atoms with van der Waals surface area (Å²) >= 11 is 0. The van der Waals surface area contributed by atoms with Crippen LogP contribution in [0.25, 0.3) is 0 Å². The van der Waals surface area contributed by atoms with Gasteiger partial charge >= 0.3 is 0 Å². The first-order chi connectivity index (χ1) is 12.7. The first-order valence-electron chi connectivity index (χ1n) is 12.7. The standard InChI is InChI=1S/C26H50/c1-4-14-24-15-11-9-7-5-6-8-10-12-17-25(18-13-16-24)26-20-19-22(2)21-23(26)3/h22-26H,4-21H2,1-3H3. The quantitative estimate of drug-likeness (QED) is 0.469. The molecule has 0 radical (unpaired) electrons. The maximum absolute atomic E-state index is 2.58. The van der Waals surface area contributed by atoms with E-state index in [0.717, 1.165) is 29.6 Å². The maximum Gasteiger partial charge on any atom is -0.0360 e. The highest BCUT2D eigenvalue weighted by Gasteiger charge is 2.31. The average molecular weight is 363 g/mol. The molecule has 26 heavy (non-hydrogen) atoms. The van der Waals surface area contributed by atoms with Crippen molar-refractivity contribution in [2.75, 3.05) is 0 Å². The van der Waals surface area contributed by atoms with Crippen LogP contribution in [0.1, 0.15) is 136 Å². The van der Waals surface area contributed by atoms with Crippen molar-refractivity contribution in [3.05, 3.63) is 0 Å². The highest BCUT2D eigenvalue weighted by molar-refractivity contribution is 4.81. The molecule has 0 bridgehead atoms. The van der Waals surface area contributed by atoms with Crippen molar-refractivity contribution < 1.29 is 0 Å². The van der Waals surface area contributed by atoms with Crippen LogP contribution in [0.4, 0.5) is 0 Å². The van der Waals surface area contributed by atoms with E-state index in [1.807, 2.05) is 0 Å². The normalized spacial score (nSPS) is 36.8. The van der Waals surface area contributed by atoms with E-state index in [0.29, 0.717) is 0 Å². The summed E-state index contributed by atoms with van der Waals surface area (Å²) < 4.78 is 0. The van der Waals surface area contributed by atoms with Gasteiger partial charge in [0.05, 0.1) is 0 Å². The molecule has 0 aromatic carbocycles. The molecule has 2 aliphatic carbocycles. The molecular weight excluding hydrogens is 312 g/mol. The molecule has 0 aromatic heterocycles. The predicted molar refractivity (Wildman–Crippen MR) is 118 cm³/mol. The lowest BCUT2D eigenvalue weighted by molar-refractivity contribution is 0.123. The minimum atomic E-state index is 0.984. The highest BCUT2D eigenvalue weighted by Crippen LogP contribution is 2.42. The van der Waals surface area contributed by atoms with Crippen LogP contribution < -0.4 is 0 Å². The summed E-state index contributed by atoms with van der Waals surface area (Å²) in [5, 5.41) is 0. The Kier molecular flexibility index (Phi) is 11.3. The largest absolute Gasteiger partial charge is 0.0654 e. The fourth-order valence-electron chi connectivity index (χ4n) is 6.37. The van der Waals surface area contributed by atoms with Gasteiger partial charge in [-0.1, -0.05) is 124 Å². The Hall–Kier alpha value is 0. The second kappa shape index (κ2) is 13.2. The van der Waals surface area contributed by atoms with Crippen molar-refractivity contribution in [3.8, 4) is 0 Å². The van der Waals surface area contributed by atoms with Gasteiger partial charge in [0, 0.05) is 0 Å². The van der Waals surface area contributed by atoms with Gasteiger partial charge < -0.3 is 0 Å². The van der Waals surface area contributed by atoms with Crippen molar-refractivity contribution in [2.45, 2.75) is 136 Å². The highest BCUT2D eigenvalue weighted by atomic mass is 14.4. The molecule has 5 unspecified atom stereocenters. The third-order valence-electron chi connectivity index (χ3n) is 7.92. The van der Waals surface area contributed by atoms with E-state index in [1.165, 1.54) is 103 Å². The van der Waals surface area contributed by atoms with Gasteiger partial charge in [-0.05, 0) is 42.4 Å². The summed E-state index contributed by atoms with van der Waals surface area (Å²) in [7, 11) is 0. The van der Waals surface area contributed by atoms with Crippen LogP contribution in [0.15, 0.2) is 0 Å². The third-order valence-corrected chi connectivity index (χ3v) is 7.92. The van der Waals surface area contributed by atoms with Gasteiger partial charge in [0.1, 0.15) is 0 Å². The van der Waals surface area contributed by atoms with Crippen LogP contribution in [-0.4, -0.2) is 0 Å². The lowest BCUT2D eigenvalue weighted by Gasteiger charge is -2.38. The number of rotatable bonds is 3. The molecule has 0 spiro atoms. The van der Waals surface area contributed by atoms with E-state index in [4.69, 9.17) is 0 Å². The van der Waals surface area contributed by atoms with Crippen molar-refractivity contribution in [2.24, 2.45) is 29.6 Å². The first kappa shape index (κ1) is 22.3. The Morgan fingerprint density at radius 1 is 0.615 bits per heavy atom. The van der Waals surface area contributed by atoms with Crippen LogP contribution in [-0.2, 0) is 0 Å². The zero-order chi connectivity index (χ0) is 18.6. The molecule has 2 saturated carbocycles. The molecule has 0 aromatic rings. The Morgan fingerprint density at radius 3 is 1.85 bits per heavy atom. The molecule has 2 fully saturated rings. The van der Waals surface area contributed by atoms with Gasteiger partial charge in [-0.15, -0.1) is 0 Å². The van der Waals surface area contributed by atoms with Gasteiger partial charge in [0.25, 0.3) is 0 Å². The molecule has 0 amide bonds. The van der Waals surface area contributed by atoms with Crippen LogP contribution in [0.3, 0.4) is 0 Å². The van der Waals surface area contributed by atoms with E-state index in [1.54, 1.807) is 12.8 Å². The summed E-state index contributed by atoms with van der Waals surface area (Å²) in [6, 6.07) is 0. The van der Waals surface area contributed by atoms with Crippen molar-refractivity contribution in [3.63, 3.8) is 0 Å². The van der Waals surface area contributed by atoms with Crippen molar-refractivity contribution in [1.82, 2.24) is 0 Å². The predicted octanol–water partition coefficient (Wildman–Crippen LogP) is 9.18. The third kappa shape index (κ3) is 8.35. The van der Waals surface area contributed by atoms with Gasteiger partial charge in [-0.2, -0.15) is 0 Å². The molecule has 154 valence electrons. The molecule has 0 nitrogen and oxygen atoms in total. The zero-order valence-corrected chi connectivity index (χ0v) is 18.6.